The van der Waals surface area contributed by atoms with Gasteiger partial charge in [-0.05, 0) is 46.4 Å². The Balaban J connectivity index is 2.00. The van der Waals surface area contributed by atoms with Crippen molar-refractivity contribution in [3.63, 3.8) is 0 Å². The molecular weight excluding hydrogens is 481 g/mol. The van der Waals surface area contributed by atoms with E-state index in [2.05, 4.69) is 4.74 Å². The van der Waals surface area contributed by atoms with E-state index < -0.39 is 43.1 Å². The fourth-order valence-electron chi connectivity index (χ4n) is 3.59. The number of aliphatic hydroxyl groups excluding tert-OH is 2. The Labute approximate surface area is 196 Å². The first-order valence-electron chi connectivity index (χ1n) is 10.4. The first kappa shape index (κ1) is 26.5. The van der Waals surface area contributed by atoms with Crippen molar-refractivity contribution >= 4 is 0 Å². The van der Waals surface area contributed by atoms with Crippen LogP contribution in [0.5, 0.6) is 5.75 Å². The lowest BCUT2D eigenvalue weighted by Gasteiger charge is -2.23. The number of aliphatic hydroxyl groups is 2. The summed E-state index contributed by atoms with van der Waals surface area (Å²) in [6.45, 7) is 0. The van der Waals surface area contributed by atoms with Crippen LogP contribution >= 0.6 is 0 Å². The molecule has 0 aliphatic heterocycles. The molecule has 0 spiro atoms. The van der Waals surface area contributed by atoms with Gasteiger partial charge in [0.15, 0.2) is 6.10 Å². The van der Waals surface area contributed by atoms with Crippen LogP contribution in [0.25, 0.3) is 0 Å². The van der Waals surface area contributed by atoms with Crippen LogP contribution < -0.4 is 4.74 Å². The summed E-state index contributed by atoms with van der Waals surface area (Å²) in [5, 5.41) is 20.6. The zero-order chi connectivity index (χ0) is 25.8. The molecule has 2 atom stereocenters. The van der Waals surface area contributed by atoms with Gasteiger partial charge in [-0.25, -0.2) is 0 Å². The molecule has 2 N–H and O–H groups in total. The summed E-state index contributed by atoms with van der Waals surface area (Å²) < 4.78 is 95.1. The van der Waals surface area contributed by atoms with E-state index in [0.29, 0.717) is 5.56 Å². The molecule has 0 aliphatic rings. The summed E-state index contributed by atoms with van der Waals surface area (Å²) in [4.78, 5) is 0. The van der Waals surface area contributed by atoms with Gasteiger partial charge < -0.3 is 14.9 Å². The van der Waals surface area contributed by atoms with Crippen LogP contribution in [0.2, 0.25) is 0 Å². The predicted octanol–water partition coefficient (Wildman–Crippen LogP) is 6.06. The first-order chi connectivity index (χ1) is 16.4. The van der Waals surface area contributed by atoms with Crippen LogP contribution in [0.15, 0.2) is 72.8 Å². The summed E-state index contributed by atoms with van der Waals surface area (Å²) in [5.74, 6) is -0.551. The molecule has 188 valence electrons. The third kappa shape index (κ3) is 6.73. The number of halogens is 7. The van der Waals surface area contributed by atoms with Crippen LogP contribution in [0.4, 0.5) is 30.7 Å². The highest BCUT2D eigenvalue weighted by atomic mass is 19.4. The topological polar surface area (TPSA) is 49.7 Å². The molecule has 2 unspecified atom stereocenters. The number of benzene rings is 3. The van der Waals surface area contributed by atoms with Gasteiger partial charge in [0, 0.05) is 6.42 Å². The Kier molecular flexibility index (Phi) is 8.07. The molecule has 3 rings (SSSR count). The minimum atomic E-state index is -4.92. The number of alkyl halides is 7. The molecule has 10 heteroatoms. The van der Waals surface area contributed by atoms with Crippen molar-refractivity contribution < 1.29 is 45.7 Å². The second-order valence-electron chi connectivity index (χ2n) is 7.85. The van der Waals surface area contributed by atoms with Crippen molar-refractivity contribution in [2.75, 3.05) is 0 Å². The van der Waals surface area contributed by atoms with Crippen molar-refractivity contribution in [2.45, 2.75) is 43.8 Å². The van der Waals surface area contributed by atoms with Gasteiger partial charge in [0.1, 0.15) is 11.9 Å². The second kappa shape index (κ2) is 10.7. The van der Waals surface area contributed by atoms with E-state index in [1.54, 1.807) is 30.3 Å². The third-order valence-corrected chi connectivity index (χ3v) is 5.30. The minimum absolute atomic E-state index is 0.0258. The summed E-state index contributed by atoms with van der Waals surface area (Å²) in [6, 6.07) is 17.4. The zero-order valence-electron chi connectivity index (χ0n) is 18.0. The van der Waals surface area contributed by atoms with Crippen molar-refractivity contribution in [3.8, 4) is 5.75 Å². The lowest BCUT2D eigenvalue weighted by Crippen LogP contribution is -2.33. The summed E-state index contributed by atoms with van der Waals surface area (Å²) >= 11 is 0. The molecule has 0 saturated carbocycles. The van der Waals surface area contributed by atoms with E-state index in [-0.39, 0.29) is 28.7 Å². The Hall–Kier alpha value is -3.11. The smallest absolute Gasteiger partial charge is 0.428 e. The maximum atomic E-state index is 13.3. The molecule has 0 aromatic heterocycles. The molecule has 3 aromatic carbocycles. The summed E-state index contributed by atoms with van der Waals surface area (Å²) in [6.07, 6.45) is -18.7. The molecular formula is C25H21F7O3. The van der Waals surface area contributed by atoms with Crippen molar-refractivity contribution in [3.05, 3.63) is 101 Å². The highest BCUT2D eigenvalue weighted by Gasteiger charge is 2.44. The van der Waals surface area contributed by atoms with E-state index in [0.717, 1.165) is 12.1 Å². The normalized spacial score (nSPS) is 14.1. The Morgan fingerprint density at radius 3 is 2.09 bits per heavy atom. The first-order valence-corrected chi connectivity index (χ1v) is 10.4. The quantitative estimate of drug-likeness (QED) is 0.350. The molecule has 0 bridgehead atoms. The Morgan fingerprint density at radius 2 is 1.46 bits per heavy atom. The van der Waals surface area contributed by atoms with Gasteiger partial charge in [-0.2, -0.15) is 30.7 Å². The number of ether oxygens (including phenoxy) is 1. The molecule has 3 nitrogen and oxygen atoms in total. The maximum Gasteiger partial charge on any atom is 0.461 e. The fourth-order valence-corrected chi connectivity index (χ4v) is 3.59. The largest absolute Gasteiger partial charge is 0.461 e. The summed E-state index contributed by atoms with van der Waals surface area (Å²) in [7, 11) is 0. The van der Waals surface area contributed by atoms with E-state index in [1.807, 2.05) is 0 Å². The zero-order valence-corrected chi connectivity index (χ0v) is 18.0. The standard InChI is InChI=1S/C25H21F7O3/c26-23(27)25(31,32)35-18-10-4-6-15(13-18)12-17-9-5-11-19(20(17)14-21(33)24(28,29)30)22(34)16-7-2-1-3-8-16/h1-11,13,21-23,33-34H,12,14H2. The monoisotopic (exact) mass is 502 g/mol. The predicted molar refractivity (Wildman–Crippen MR) is 114 cm³/mol. The molecule has 3 aromatic rings. The van der Waals surface area contributed by atoms with Crippen LogP contribution in [0.3, 0.4) is 0 Å². The fraction of sp³-hybridized carbons (Fsp3) is 0.280. The molecule has 0 heterocycles. The van der Waals surface area contributed by atoms with Gasteiger partial charge in [-0.3, -0.25) is 0 Å². The minimum Gasteiger partial charge on any atom is -0.428 e. The average Bonchev–Trinajstić information content (AvgIpc) is 2.79. The van der Waals surface area contributed by atoms with E-state index in [1.165, 1.54) is 30.3 Å². The van der Waals surface area contributed by atoms with Crippen molar-refractivity contribution in [1.29, 1.82) is 0 Å². The van der Waals surface area contributed by atoms with Gasteiger partial charge in [-0.1, -0.05) is 60.7 Å². The van der Waals surface area contributed by atoms with Crippen LogP contribution in [0.1, 0.15) is 33.9 Å². The van der Waals surface area contributed by atoms with Crippen LogP contribution in [0, 0.1) is 0 Å². The van der Waals surface area contributed by atoms with Gasteiger partial charge >= 0.3 is 18.7 Å². The van der Waals surface area contributed by atoms with E-state index in [9.17, 15) is 40.9 Å². The highest BCUT2D eigenvalue weighted by molar-refractivity contribution is 5.44. The molecule has 35 heavy (non-hydrogen) atoms. The SMILES string of the molecule is OC(c1ccccc1)c1cccc(Cc2cccc(OC(F)(F)C(F)F)c2)c1CC(O)C(F)(F)F. The maximum absolute atomic E-state index is 13.3. The second-order valence-corrected chi connectivity index (χ2v) is 7.85. The molecule has 0 amide bonds. The average molecular weight is 502 g/mol. The third-order valence-electron chi connectivity index (χ3n) is 5.30. The van der Waals surface area contributed by atoms with Crippen molar-refractivity contribution in [1.82, 2.24) is 0 Å². The highest BCUT2D eigenvalue weighted by Crippen LogP contribution is 2.33. The van der Waals surface area contributed by atoms with E-state index in [4.69, 9.17) is 0 Å². The van der Waals surface area contributed by atoms with Crippen LogP contribution in [-0.4, -0.2) is 35.0 Å². The Morgan fingerprint density at radius 1 is 0.800 bits per heavy atom. The lowest BCUT2D eigenvalue weighted by molar-refractivity contribution is -0.253. The van der Waals surface area contributed by atoms with Gasteiger partial charge in [0.05, 0.1) is 0 Å². The molecule has 0 saturated heterocycles. The van der Waals surface area contributed by atoms with Crippen molar-refractivity contribution in [2.24, 2.45) is 0 Å². The lowest BCUT2D eigenvalue weighted by atomic mass is 9.88. The molecule has 0 radical (unpaired) electrons. The van der Waals surface area contributed by atoms with E-state index >= 15 is 0 Å². The van der Waals surface area contributed by atoms with Gasteiger partial charge in [0.2, 0.25) is 0 Å². The number of hydrogen-bond acceptors (Lipinski definition) is 3. The molecule has 0 aliphatic carbocycles. The number of rotatable bonds is 9. The van der Waals surface area contributed by atoms with Gasteiger partial charge in [-0.15, -0.1) is 0 Å². The summed E-state index contributed by atoms with van der Waals surface area (Å²) in [5.41, 5.74) is 1.13. The Bertz CT molecular complexity index is 1120. The van der Waals surface area contributed by atoms with Crippen LogP contribution in [-0.2, 0) is 12.8 Å². The molecule has 0 fully saturated rings. The number of hydrogen-bond donors (Lipinski definition) is 2. The van der Waals surface area contributed by atoms with Gasteiger partial charge in [0.25, 0.3) is 0 Å².